The molecule has 0 saturated heterocycles. The summed E-state index contributed by atoms with van der Waals surface area (Å²) in [6, 6.07) is 0. The molecular weight excluding hydrogens is 450 g/mol. The lowest BCUT2D eigenvalue weighted by Gasteiger charge is -2.58. The van der Waals surface area contributed by atoms with Crippen LogP contribution in [0.3, 0.4) is 0 Å². The third-order valence-corrected chi connectivity index (χ3v) is 11.2. The molecule has 1 amide bonds. The number of nitrogens with one attached hydrogen (secondary N) is 1. The van der Waals surface area contributed by atoms with Gasteiger partial charge in [0.1, 0.15) is 6.10 Å². The Bertz CT molecular complexity index is 1030. The maximum Gasteiger partial charge on any atom is 0.302 e. The van der Waals surface area contributed by atoms with E-state index in [9.17, 15) is 14.4 Å². The largest absolute Gasteiger partial charge is 0.462 e. The highest BCUT2D eigenvalue weighted by atomic mass is 16.5. The predicted molar refractivity (Wildman–Crippen MR) is 140 cm³/mol. The summed E-state index contributed by atoms with van der Waals surface area (Å²) in [5.41, 5.74) is 4.50. The maximum absolute atomic E-state index is 13.4. The van der Waals surface area contributed by atoms with Crippen LogP contribution in [0.25, 0.3) is 0 Å². The average Bonchev–Trinajstić information content (AvgIpc) is 3.24. The Labute approximate surface area is 216 Å². The first-order chi connectivity index (χ1) is 17.0. The molecule has 0 spiro atoms. The lowest BCUT2D eigenvalue weighted by Crippen LogP contribution is -2.51. The third-order valence-electron chi connectivity index (χ3n) is 11.2. The molecule has 0 radical (unpaired) electrons. The van der Waals surface area contributed by atoms with Crippen molar-refractivity contribution in [2.45, 2.75) is 99.0 Å². The molecule has 3 saturated carbocycles. The highest BCUT2D eigenvalue weighted by molar-refractivity contribution is 6.01. The van der Waals surface area contributed by atoms with Crippen molar-refractivity contribution in [3.63, 3.8) is 0 Å². The van der Waals surface area contributed by atoms with E-state index in [4.69, 9.17) is 4.74 Å². The van der Waals surface area contributed by atoms with Gasteiger partial charge in [-0.3, -0.25) is 14.4 Å². The summed E-state index contributed by atoms with van der Waals surface area (Å²) in [7, 11) is 0. The van der Waals surface area contributed by atoms with Gasteiger partial charge in [0.05, 0.1) is 0 Å². The molecule has 3 fully saturated rings. The molecule has 198 valence electrons. The van der Waals surface area contributed by atoms with E-state index in [2.05, 4.69) is 39.1 Å². The lowest BCUT2D eigenvalue weighted by molar-refractivity contribution is -0.148. The topological polar surface area (TPSA) is 72.5 Å². The summed E-state index contributed by atoms with van der Waals surface area (Å²) in [5, 5.41) is 2.94. The predicted octanol–water partition coefficient (Wildman–Crippen LogP) is 5.78. The third kappa shape index (κ3) is 4.00. The van der Waals surface area contributed by atoms with Crippen molar-refractivity contribution in [3.8, 4) is 0 Å². The van der Waals surface area contributed by atoms with E-state index in [1.807, 2.05) is 0 Å². The molecule has 5 aliphatic carbocycles. The molecule has 0 bridgehead atoms. The van der Waals surface area contributed by atoms with Crippen molar-refractivity contribution < 1.29 is 19.1 Å². The molecule has 0 aromatic heterocycles. The number of ether oxygens (including phenoxy) is 1. The Hall–Kier alpha value is -1.91. The number of rotatable bonds is 5. The van der Waals surface area contributed by atoms with Gasteiger partial charge in [-0.1, -0.05) is 44.9 Å². The Morgan fingerprint density at radius 1 is 1.14 bits per heavy atom. The molecule has 5 aliphatic rings. The van der Waals surface area contributed by atoms with E-state index in [1.54, 1.807) is 6.92 Å². The Morgan fingerprint density at radius 2 is 1.89 bits per heavy atom. The monoisotopic (exact) mass is 495 g/mol. The second-order valence-electron chi connectivity index (χ2n) is 13.4. The fourth-order valence-electron chi connectivity index (χ4n) is 9.58. The lowest BCUT2D eigenvalue weighted by atomic mass is 9.47. The fraction of sp³-hybridized carbons (Fsp3) is 0.774. The summed E-state index contributed by atoms with van der Waals surface area (Å²) < 4.78 is 5.61. The summed E-state index contributed by atoms with van der Waals surface area (Å²) in [6.45, 7) is 13.0. The zero-order chi connectivity index (χ0) is 26.0. The Morgan fingerprint density at radius 3 is 2.58 bits per heavy atom. The number of allylic oxidation sites excluding steroid dienone is 3. The van der Waals surface area contributed by atoms with Crippen LogP contribution in [0.4, 0.5) is 0 Å². The van der Waals surface area contributed by atoms with Gasteiger partial charge in [0.15, 0.2) is 5.78 Å². The highest BCUT2D eigenvalue weighted by Crippen LogP contribution is 2.70. The van der Waals surface area contributed by atoms with Crippen molar-refractivity contribution in [2.24, 2.45) is 46.3 Å². The van der Waals surface area contributed by atoms with Gasteiger partial charge >= 0.3 is 5.97 Å². The van der Waals surface area contributed by atoms with Crippen molar-refractivity contribution in [2.75, 3.05) is 6.54 Å². The molecular formula is C31H45NO4. The van der Waals surface area contributed by atoms with Gasteiger partial charge in [0.2, 0.25) is 5.91 Å². The normalized spacial score (nSPS) is 42.1. The van der Waals surface area contributed by atoms with Crippen LogP contribution >= 0.6 is 0 Å². The van der Waals surface area contributed by atoms with Gasteiger partial charge in [0.25, 0.3) is 0 Å². The molecule has 9 atom stereocenters. The standard InChI is InChI=1S/C31H45NO4/c1-17(16-32-19(3)33)13-25-24-15-27-23-8-7-21-14-22(36-20(4)34)9-11-30(21,5)26(23)10-12-31(27,6)28(24)18(2)29(25)35/h7,17-18,22-23,26-28H,8-16H2,1-6H3,(H,32,33)/t17-,18-,22+,23+,26-,27+,28+,30+,31+/m1/s1. The zero-order valence-electron chi connectivity index (χ0n) is 23.1. The first-order valence-corrected chi connectivity index (χ1v) is 14.3. The molecule has 0 heterocycles. The van der Waals surface area contributed by atoms with Gasteiger partial charge < -0.3 is 10.1 Å². The summed E-state index contributed by atoms with van der Waals surface area (Å²) >= 11 is 0. The quantitative estimate of drug-likeness (QED) is 0.387. The van der Waals surface area contributed by atoms with Crippen molar-refractivity contribution in [1.82, 2.24) is 5.32 Å². The first kappa shape index (κ1) is 25.7. The molecule has 0 unspecified atom stereocenters. The first-order valence-electron chi connectivity index (χ1n) is 14.3. The second kappa shape index (κ2) is 9.13. The number of fused-ring (bicyclic) bond motifs is 7. The fourth-order valence-corrected chi connectivity index (χ4v) is 9.58. The molecule has 0 aliphatic heterocycles. The summed E-state index contributed by atoms with van der Waals surface area (Å²) in [6.07, 6.45) is 11.0. The van der Waals surface area contributed by atoms with Crippen LogP contribution in [-0.2, 0) is 19.1 Å². The number of ketones is 1. The van der Waals surface area contributed by atoms with Crippen LogP contribution in [0.5, 0.6) is 0 Å². The molecule has 5 heteroatoms. The number of esters is 1. The minimum Gasteiger partial charge on any atom is -0.462 e. The number of carbonyl (C=O) groups excluding carboxylic acids is 3. The number of amides is 1. The molecule has 0 aromatic carbocycles. The Balaban J connectivity index is 1.40. The minimum atomic E-state index is -0.164. The summed E-state index contributed by atoms with van der Waals surface area (Å²) in [4.78, 5) is 36.4. The molecule has 0 aromatic rings. The minimum absolute atomic E-state index is 0.00552. The van der Waals surface area contributed by atoms with Crippen molar-refractivity contribution in [3.05, 3.63) is 22.8 Å². The number of hydrogen-bond acceptors (Lipinski definition) is 4. The van der Waals surface area contributed by atoms with E-state index >= 15 is 0 Å². The van der Waals surface area contributed by atoms with Crippen LogP contribution in [0.15, 0.2) is 22.8 Å². The highest BCUT2D eigenvalue weighted by Gasteiger charge is 2.63. The van der Waals surface area contributed by atoms with Crippen LogP contribution in [0.1, 0.15) is 92.9 Å². The second-order valence-corrected chi connectivity index (χ2v) is 13.4. The van der Waals surface area contributed by atoms with E-state index in [-0.39, 0.29) is 40.6 Å². The SMILES string of the molecule is CC(=O)NC[C@H](C)CC1=C2C[C@H]3[C@H]4CC=C5C[C@@H](OC(C)=O)CC[C@]5(C)[C@@H]4CC[C@]3(C)[C@H]2[C@@H](C)C1=O. The number of Topliss-reactive ketones (excluding diaryl/α,β-unsaturated/α-hetero) is 1. The summed E-state index contributed by atoms with van der Waals surface area (Å²) in [5.74, 6) is 2.91. The number of carbonyl (C=O) groups is 3. The number of hydrogen-bond donors (Lipinski definition) is 1. The van der Waals surface area contributed by atoms with Crippen LogP contribution in [0, 0.1) is 46.3 Å². The molecule has 5 rings (SSSR count). The smallest absolute Gasteiger partial charge is 0.302 e. The molecule has 36 heavy (non-hydrogen) atoms. The molecule has 1 N–H and O–H groups in total. The van der Waals surface area contributed by atoms with Gasteiger partial charge in [-0.2, -0.15) is 0 Å². The van der Waals surface area contributed by atoms with Gasteiger partial charge in [0, 0.05) is 32.7 Å². The van der Waals surface area contributed by atoms with Crippen LogP contribution in [-0.4, -0.2) is 30.3 Å². The maximum atomic E-state index is 13.4. The van der Waals surface area contributed by atoms with Gasteiger partial charge in [-0.25, -0.2) is 0 Å². The zero-order valence-corrected chi connectivity index (χ0v) is 23.1. The van der Waals surface area contributed by atoms with E-state index in [0.717, 1.165) is 44.1 Å². The van der Waals surface area contributed by atoms with E-state index in [1.165, 1.54) is 30.9 Å². The van der Waals surface area contributed by atoms with Crippen LogP contribution < -0.4 is 5.32 Å². The van der Waals surface area contributed by atoms with Crippen molar-refractivity contribution in [1.29, 1.82) is 0 Å². The van der Waals surface area contributed by atoms with E-state index in [0.29, 0.717) is 36.0 Å². The van der Waals surface area contributed by atoms with Crippen molar-refractivity contribution >= 4 is 17.7 Å². The van der Waals surface area contributed by atoms with Gasteiger partial charge in [-0.05, 0) is 90.9 Å². The molecule has 5 nitrogen and oxygen atoms in total. The van der Waals surface area contributed by atoms with E-state index < -0.39 is 0 Å². The Kier molecular flexibility index (Phi) is 6.53. The van der Waals surface area contributed by atoms with Gasteiger partial charge in [-0.15, -0.1) is 0 Å². The average molecular weight is 496 g/mol. The van der Waals surface area contributed by atoms with Crippen LogP contribution in [0.2, 0.25) is 0 Å².